The molecule has 0 saturated carbocycles. The molecule has 1 rings (SSSR count). The Morgan fingerprint density at radius 1 is 1.55 bits per heavy atom. The monoisotopic (exact) mass is 157 g/mol. The number of nitrogens with one attached hydrogen (secondary N) is 1. The molecule has 0 aromatic rings. The van der Waals surface area contributed by atoms with E-state index in [9.17, 15) is 5.11 Å². The molecule has 1 aliphatic heterocycles. The first-order valence-electron chi connectivity index (χ1n) is 4.59. The van der Waals surface area contributed by atoms with Crippen LogP contribution in [0.3, 0.4) is 0 Å². The van der Waals surface area contributed by atoms with Gasteiger partial charge in [0.2, 0.25) is 0 Å². The summed E-state index contributed by atoms with van der Waals surface area (Å²) in [5, 5.41) is 12.8. The van der Waals surface area contributed by atoms with E-state index in [2.05, 4.69) is 19.2 Å². The predicted molar refractivity (Wildman–Crippen MR) is 46.5 cm³/mol. The summed E-state index contributed by atoms with van der Waals surface area (Å²) >= 11 is 0. The van der Waals surface area contributed by atoms with Gasteiger partial charge in [0.15, 0.2) is 0 Å². The van der Waals surface area contributed by atoms with Crippen molar-refractivity contribution in [2.24, 2.45) is 5.92 Å². The standard InChI is InChI=1S/C9H19NO/c1-3-4-8(2)5-9(11)6-10-7-9/h8,10-11H,3-7H2,1-2H3. The van der Waals surface area contributed by atoms with Gasteiger partial charge in [0.05, 0.1) is 5.60 Å². The first-order chi connectivity index (χ1) is 5.16. The highest BCUT2D eigenvalue weighted by molar-refractivity contribution is 4.93. The summed E-state index contributed by atoms with van der Waals surface area (Å²) in [6, 6.07) is 0. The Labute approximate surface area is 69.0 Å². The smallest absolute Gasteiger partial charge is 0.0897 e. The van der Waals surface area contributed by atoms with Crippen LogP contribution in [0.4, 0.5) is 0 Å². The summed E-state index contributed by atoms with van der Waals surface area (Å²) in [6.45, 7) is 6.00. The minimum atomic E-state index is -0.366. The van der Waals surface area contributed by atoms with Gasteiger partial charge in [-0.3, -0.25) is 0 Å². The van der Waals surface area contributed by atoms with Gasteiger partial charge in [0.25, 0.3) is 0 Å². The molecular formula is C9H19NO. The molecule has 0 bridgehead atoms. The molecule has 1 unspecified atom stereocenters. The molecule has 1 heterocycles. The zero-order chi connectivity index (χ0) is 8.32. The van der Waals surface area contributed by atoms with Gasteiger partial charge in [0, 0.05) is 13.1 Å². The van der Waals surface area contributed by atoms with Crippen molar-refractivity contribution in [2.75, 3.05) is 13.1 Å². The maximum Gasteiger partial charge on any atom is 0.0897 e. The van der Waals surface area contributed by atoms with Gasteiger partial charge in [-0.2, -0.15) is 0 Å². The molecule has 0 aliphatic carbocycles. The number of aliphatic hydroxyl groups is 1. The summed E-state index contributed by atoms with van der Waals surface area (Å²) < 4.78 is 0. The second kappa shape index (κ2) is 3.55. The number of rotatable bonds is 4. The third-order valence-electron chi connectivity index (χ3n) is 2.42. The number of β-amino-alcohol motifs (C(OH)–C–C–N with tert-alkyl or cyclic N) is 1. The van der Waals surface area contributed by atoms with E-state index in [4.69, 9.17) is 0 Å². The van der Waals surface area contributed by atoms with E-state index < -0.39 is 0 Å². The maximum atomic E-state index is 9.74. The van der Waals surface area contributed by atoms with Crippen LogP contribution in [0.5, 0.6) is 0 Å². The second-order valence-corrected chi connectivity index (χ2v) is 3.93. The summed E-state index contributed by atoms with van der Waals surface area (Å²) in [4.78, 5) is 0. The molecule has 1 saturated heterocycles. The Kier molecular flexibility index (Phi) is 2.90. The Morgan fingerprint density at radius 2 is 2.18 bits per heavy atom. The lowest BCUT2D eigenvalue weighted by molar-refractivity contribution is -0.0294. The van der Waals surface area contributed by atoms with E-state index in [1.807, 2.05) is 0 Å². The Bertz CT molecular complexity index is 121. The SMILES string of the molecule is CCCC(C)CC1(O)CNC1. The van der Waals surface area contributed by atoms with Crippen molar-refractivity contribution in [2.45, 2.75) is 38.7 Å². The zero-order valence-corrected chi connectivity index (χ0v) is 7.56. The minimum absolute atomic E-state index is 0.366. The molecule has 0 aromatic heterocycles. The lowest BCUT2D eigenvalue weighted by Gasteiger charge is -2.39. The third kappa shape index (κ3) is 2.46. The topological polar surface area (TPSA) is 32.3 Å². The summed E-state index contributed by atoms with van der Waals surface area (Å²) in [5.74, 6) is 0.673. The van der Waals surface area contributed by atoms with Gasteiger partial charge in [-0.15, -0.1) is 0 Å². The Hall–Kier alpha value is -0.0800. The summed E-state index contributed by atoms with van der Waals surface area (Å²) in [7, 11) is 0. The van der Waals surface area contributed by atoms with Crippen LogP contribution in [0.1, 0.15) is 33.1 Å². The molecule has 11 heavy (non-hydrogen) atoms. The van der Waals surface area contributed by atoms with Crippen LogP contribution < -0.4 is 5.32 Å². The van der Waals surface area contributed by atoms with Gasteiger partial charge >= 0.3 is 0 Å². The minimum Gasteiger partial charge on any atom is -0.387 e. The van der Waals surface area contributed by atoms with E-state index >= 15 is 0 Å². The highest BCUT2D eigenvalue weighted by atomic mass is 16.3. The third-order valence-corrected chi connectivity index (χ3v) is 2.42. The fraction of sp³-hybridized carbons (Fsp3) is 1.00. The van der Waals surface area contributed by atoms with E-state index in [-0.39, 0.29) is 5.60 Å². The largest absolute Gasteiger partial charge is 0.387 e. The van der Waals surface area contributed by atoms with Crippen molar-refractivity contribution >= 4 is 0 Å². The predicted octanol–water partition coefficient (Wildman–Crippen LogP) is 1.15. The molecule has 1 fully saturated rings. The molecule has 0 spiro atoms. The average molecular weight is 157 g/mol. The normalized spacial score (nSPS) is 24.3. The van der Waals surface area contributed by atoms with Gasteiger partial charge in [0.1, 0.15) is 0 Å². The highest BCUT2D eigenvalue weighted by Crippen LogP contribution is 2.23. The van der Waals surface area contributed by atoms with Crippen LogP contribution in [0.25, 0.3) is 0 Å². The van der Waals surface area contributed by atoms with Crippen molar-refractivity contribution in [1.82, 2.24) is 5.32 Å². The van der Waals surface area contributed by atoms with Crippen molar-refractivity contribution < 1.29 is 5.11 Å². The van der Waals surface area contributed by atoms with Crippen molar-refractivity contribution in [1.29, 1.82) is 0 Å². The van der Waals surface area contributed by atoms with Crippen LogP contribution in [0, 0.1) is 5.92 Å². The van der Waals surface area contributed by atoms with Crippen LogP contribution >= 0.6 is 0 Å². The summed E-state index contributed by atoms with van der Waals surface area (Å²) in [5.41, 5.74) is -0.366. The fourth-order valence-corrected chi connectivity index (χ4v) is 1.80. The lowest BCUT2D eigenvalue weighted by Crippen LogP contribution is -2.60. The number of hydrogen-bond donors (Lipinski definition) is 2. The molecule has 1 aliphatic rings. The van der Waals surface area contributed by atoms with Crippen molar-refractivity contribution in [3.8, 4) is 0 Å². The van der Waals surface area contributed by atoms with Crippen molar-refractivity contribution in [3.63, 3.8) is 0 Å². The molecule has 0 radical (unpaired) electrons. The molecule has 2 heteroatoms. The molecule has 0 amide bonds. The molecule has 2 nitrogen and oxygen atoms in total. The molecule has 2 N–H and O–H groups in total. The fourth-order valence-electron chi connectivity index (χ4n) is 1.80. The molecule has 66 valence electrons. The van der Waals surface area contributed by atoms with Crippen LogP contribution in [-0.2, 0) is 0 Å². The van der Waals surface area contributed by atoms with Crippen molar-refractivity contribution in [3.05, 3.63) is 0 Å². The Balaban J connectivity index is 2.18. The second-order valence-electron chi connectivity index (χ2n) is 3.93. The highest BCUT2D eigenvalue weighted by Gasteiger charge is 2.34. The average Bonchev–Trinajstić information content (AvgIpc) is 1.85. The van der Waals surface area contributed by atoms with E-state index in [1.165, 1.54) is 12.8 Å². The van der Waals surface area contributed by atoms with E-state index in [1.54, 1.807) is 0 Å². The molecular weight excluding hydrogens is 138 g/mol. The molecule has 1 atom stereocenters. The van der Waals surface area contributed by atoms with Crippen LogP contribution in [0.2, 0.25) is 0 Å². The van der Waals surface area contributed by atoms with Crippen LogP contribution in [-0.4, -0.2) is 23.8 Å². The quantitative estimate of drug-likeness (QED) is 0.641. The Morgan fingerprint density at radius 3 is 2.55 bits per heavy atom. The van der Waals surface area contributed by atoms with Gasteiger partial charge in [-0.05, 0) is 12.3 Å². The zero-order valence-electron chi connectivity index (χ0n) is 7.56. The van der Waals surface area contributed by atoms with E-state index in [0.717, 1.165) is 19.5 Å². The maximum absolute atomic E-state index is 9.74. The van der Waals surface area contributed by atoms with Gasteiger partial charge in [-0.1, -0.05) is 26.7 Å². The summed E-state index contributed by atoms with van der Waals surface area (Å²) in [6.07, 6.45) is 3.43. The number of hydrogen-bond acceptors (Lipinski definition) is 2. The first kappa shape index (κ1) is 9.01. The first-order valence-corrected chi connectivity index (χ1v) is 4.59. The van der Waals surface area contributed by atoms with Gasteiger partial charge in [-0.25, -0.2) is 0 Å². The van der Waals surface area contributed by atoms with E-state index in [0.29, 0.717) is 5.92 Å². The lowest BCUT2D eigenvalue weighted by atomic mass is 9.85. The molecule has 0 aromatic carbocycles. The van der Waals surface area contributed by atoms with Gasteiger partial charge < -0.3 is 10.4 Å². The van der Waals surface area contributed by atoms with Crippen LogP contribution in [0.15, 0.2) is 0 Å².